The fraction of sp³-hybridized carbons (Fsp3) is 0.304. The molecule has 0 saturated carbocycles. The quantitative estimate of drug-likeness (QED) is 0.443. The Morgan fingerprint density at radius 3 is 2.45 bits per heavy atom. The van der Waals surface area contributed by atoms with Gasteiger partial charge in [0.15, 0.2) is 0 Å². The molecule has 2 aromatic carbocycles. The number of ketones is 1. The Labute approximate surface area is 171 Å². The summed E-state index contributed by atoms with van der Waals surface area (Å²) < 4.78 is 5.23. The van der Waals surface area contributed by atoms with Crippen LogP contribution in [0.25, 0.3) is 5.76 Å². The number of aliphatic hydroxyl groups is 1. The van der Waals surface area contributed by atoms with Gasteiger partial charge in [-0.2, -0.15) is 0 Å². The van der Waals surface area contributed by atoms with Crippen molar-refractivity contribution in [2.24, 2.45) is 0 Å². The molecule has 2 N–H and O–H groups in total. The van der Waals surface area contributed by atoms with E-state index in [0.717, 1.165) is 11.1 Å². The van der Waals surface area contributed by atoms with Crippen LogP contribution in [-0.2, 0) is 9.59 Å². The molecule has 6 heteroatoms. The number of carbonyl (C=O) groups excluding carboxylic acids is 2. The maximum Gasteiger partial charge on any atom is 0.295 e. The van der Waals surface area contributed by atoms with Crippen LogP contribution in [0.5, 0.6) is 5.75 Å². The van der Waals surface area contributed by atoms with E-state index < -0.39 is 17.7 Å². The number of likely N-dealkylation sites (tertiary alicyclic amines) is 1. The minimum Gasteiger partial charge on any atom is -0.507 e. The molecule has 1 atom stereocenters. The number of nitrogens with zero attached hydrogens (tertiary/aromatic N) is 1. The van der Waals surface area contributed by atoms with Crippen LogP contribution < -0.4 is 9.64 Å². The molecule has 2 aromatic rings. The maximum absolute atomic E-state index is 12.9. The van der Waals surface area contributed by atoms with E-state index in [2.05, 4.69) is 0 Å². The highest BCUT2D eigenvalue weighted by Gasteiger charge is 2.46. The van der Waals surface area contributed by atoms with Crippen molar-refractivity contribution in [1.29, 1.82) is 0 Å². The van der Waals surface area contributed by atoms with Gasteiger partial charge in [0.1, 0.15) is 11.5 Å². The van der Waals surface area contributed by atoms with Gasteiger partial charge in [-0.3, -0.25) is 9.59 Å². The molecular weight excluding hydrogens is 368 g/mol. The fourth-order valence-electron chi connectivity index (χ4n) is 3.48. The molecule has 6 nitrogen and oxygen atoms in total. The molecule has 0 aromatic heterocycles. The third kappa shape index (κ3) is 4.17. The summed E-state index contributed by atoms with van der Waals surface area (Å²) in [5.74, 6) is -0.871. The number of quaternary nitrogens is 1. The minimum absolute atomic E-state index is 0.112. The number of rotatable bonds is 6. The van der Waals surface area contributed by atoms with E-state index >= 15 is 0 Å². The monoisotopic (exact) mass is 395 g/mol. The van der Waals surface area contributed by atoms with Crippen LogP contribution in [-0.4, -0.2) is 56.0 Å². The van der Waals surface area contributed by atoms with Crippen LogP contribution in [0, 0.1) is 6.92 Å². The lowest BCUT2D eigenvalue weighted by molar-refractivity contribution is -0.857. The van der Waals surface area contributed by atoms with Crippen LogP contribution >= 0.6 is 0 Å². The first kappa shape index (κ1) is 20.6. The number of likely N-dealkylation sites (N-methyl/N-ethyl adjacent to an activating group) is 1. The summed E-state index contributed by atoms with van der Waals surface area (Å²) in [6.45, 7) is 3.08. The number of amides is 1. The van der Waals surface area contributed by atoms with Gasteiger partial charge in [0.25, 0.3) is 11.7 Å². The second-order valence-corrected chi connectivity index (χ2v) is 7.59. The molecule has 0 bridgehead atoms. The number of carbonyl (C=O) groups is 2. The Hall–Kier alpha value is -3.12. The van der Waals surface area contributed by atoms with Gasteiger partial charge in [-0.15, -0.1) is 0 Å². The largest absolute Gasteiger partial charge is 0.507 e. The lowest BCUT2D eigenvalue weighted by Crippen LogP contribution is -3.06. The Morgan fingerprint density at radius 2 is 1.83 bits per heavy atom. The van der Waals surface area contributed by atoms with Crippen molar-refractivity contribution in [3.8, 4) is 5.75 Å². The normalized spacial score (nSPS) is 18.5. The van der Waals surface area contributed by atoms with Crippen molar-refractivity contribution >= 4 is 17.4 Å². The molecule has 0 spiro atoms. The standard InChI is InChI=1S/C23H26N2O4/c1-15-8-10-16(11-9-15)20-19(21(26)17-6-5-7-18(14-17)29-4)22(27)23(28)25(20)13-12-24(2)3/h5-11,14,20,26H,12-13H2,1-4H3/p+1/t20-/m0/s1. The third-order valence-corrected chi connectivity index (χ3v) is 5.13. The summed E-state index contributed by atoms with van der Waals surface area (Å²) in [6.07, 6.45) is 0. The van der Waals surface area contributed by atoms with Gasteiger partial charge < -0.3 is 19.6 Å². The molecule has 1 aliphatic heterocycles. The summed E-state index contributed by atoms with van der Waals surface area (Å²) in [4.78, 5) is 28.5. The van der Waals surface area contributed by atoms with Crippen molar-refractivity contribution in [3.63, 3.8) is 0 Å². The molecule has 152 valence electrons. The summed E-state index contributed by atoms with van der Waals surface area (Å²) in [5.41, 5.74) is 2.43. The highest BCUT2D eigenvalue weighted by atomic mass is 16.5. The van der Waals surface area contributed by atoms with E-state index in [1.54, 1.807) is 29.2 Å². The van der Waals surface area contributed by atoms with Gasteiger partial charge in [0, 0.05) is 5.56 Å². The summed E-state index contributed by atoms with van der Waals surface area (Å²) >= 11 is 0. The van der Waals surface area contributed by atoms with Crippen LogP contribution in [0.4, 0.5) is 0 Å². The predicted octanol–water partition coefficient (Wildman–Crippen LogP) is 1.57. The molecule has 3 rings (SSSR count). The molecule has 1 fully saturated rings. The van der Waals surface area contributed by atoms with E-state index in [1.807, 2.05) is 45.3 Å². The van der Waals surface area contributed by atoms with Gasteiger partial charge in [-0.1, -0.05) is 42.0 Å². The number of aliphatic hydroxyl groups excluding tert-OH is 1. The van der Waals surface area contributed by atoms with Crippen molar-refractivity contribution in [2.45, 2.75) is 13.0 Å². The van der Waals surface area contributed by atoms with Gasteiger partial charge in [-0.05, 0) is 24.6 Å². The van der Waals surface area contributed by atoms with Crippen LogP contribution in [0.3, 0.4) is 0 Å². The number of hydrogen-bond acceptors (Lipinski definition) is 4. The van der Waals surface area contributed by atoms with E-state index in [4.69, 9.17) is 4.74 Å². The minimum atomic E-state index is -0.662. The number of nitrogens with one attached hydrogen (secondary N) is 1. The molecule has 0 radical (unpaired) electrons. The molecule has 1 heterocycles. The van der Waals surface area contributed by atoms with Crippen LogP contribution in [0.2, 0.25) is 0 Å². The van der Waals surface area contributed by atoms with E-state index in [0.29, 0.717) is 24.4 Å². The average molecular weight is 395 g/mol. The molecule has 1 saturated heterocycles. The van der Waals surface area contributed by atoms with E-state index in [1.165, 1.54) is 12.0 Å². The molecule has 0 unspecified atom stereocenters. The van der Waals surface area contributed by atoms with Crippen LogP contribution in [0.15, 0.2) is 54.1 Å². The second kappa shape index (κ2) is 8.49. The number of Topliss-reactive ketones (excluding diaryl/α,β-unsaturated/α-hetero) is 1. The number of benzene rings is 2. The predicted molar refractivity (Wildman–Crippen MR) is 111 cm³/mol. The number of ether oxygens (including phenoxy) is 1. The smallest absolute Gasteiger partial charge is 0.295 e. The van der Waals surface area contributed by atoms with Crippen LogP contribution in [0.1, 0.15) is 22.7 Å². The zero-order valence-corrected chi connectivity index (χ0v) is 17.2. The van der Waals surface area contributed by atoms with E-state index in [-0.39, 0.29) is 11.3 Å². The first-order valence-corrected chi connectivity index (χ1v) is 9.62. The highest BCUT2D eigenvalue weighted by Crippen LogP contribution is 2.39. The molecule has 1 amide bonds. The molecule has 1 aliphatic rings. The van der Waals surface area contributed by atoms with Crippen molar-refractivity contribution in [2.75, 3.05) is 34.3 Å². The summed E-state index contributed by atoms with van der Waals surface area (Å²) in [7, 11) is 5.52. The first-order chi connectivity index (χ1) is 13.8. The fourth-order valence-corrected chi connectivity index (χ4v) is 3.48. The Kier molecular flexibility index (Phi) is 6.03. The zero-order valence-electron chi connectivity index (χ0n) is 17.2. The third-order valence-electron chi connectivity index (χ3n) is 5.13. The van der Waals surface area contributed by atoms with Gasteiger partial charge in [0.2, 0.25) is 0 Å². The Bertz CT molecular complexity index is 948. The molecule has 29 heavy (non-hydrogen) atoms. The highest BCUT2D eigenvalue weighted by molar-refractivity contribution is 6.46. The van der Waals surface area contributed by atoms with Crippen molar-refractivity contribution in [3.05, 3.63) is 70.8 Å². The average Bonchev–Trinajstić information content (AvgIpc) is 2.97. The lowest BCUT2D eigenvalue weighted by Gasteiger charge is -2.25. The number of methoxy groups -OCH3 is 1. The summed E-state index contributed by atoms with van der Waals surface area (Å²) in [6, 6.07) is 13.9. The zero-order chi connectivity index (χ0) is 21.1. The lowest BCUT2D eigenvalue weighted by atomic mass is 9.94. The summed E-state index contributed by atoms with van der Waals surface area (Å²) in [5, 5.41) is 11.0. The van der Waals surface area contributed by atoms with Crippen molar-refractivity contribution in [1.82, 2.24) is 4.90 Å². The molecular formula is C23H27N2O4+. The van der Waals surface area contributed by atoms with Gasteiger partial charge in [0.05, 0.1) is 45.9 Å². The Balaban J connectivity index is 2.14. The number of aryl methyl sites for hydroxylation is 1. The topological polar surface area (TPSA) is 71.3 Å². The SMILES string of the molecule is COc1cccc(C(O)=C2C(=O)C(=O)N(CC[NH+](C)C)[C@H]2c2ccc(C)cc2)c1. The van der Waals surface area contributed by atoms with Gasteiger partial charge >= 0.3 is 0 Å². The Morgan fingerprint density at radius 1 is 1.14 bits per heavy atom. The second-order valence-electron chi connectivity index (χ2n) is 7.59. The van der Waals surface area contributed by atoms with Crippen molar-refractivity contribution < 1.29 is 24.3 Å². The number of hydrogen-bond donors (Lipinski definition) is 2. The maximum atomic E-state index is 12.9. The van der Waals surface area contributed by atoms with Gasteiger partial charge in [-0.25, -0.2) is 0 Å². The first-order valence-electron chi connectivity index (χ1n) is 9.62. The van der Waals surface area contributed by atoms with E-state index in [9.17, 15) is 14.7 Å². The molecule has 0 aliphatic carbocycles.